The molecule has 0 aliphatic carbocycles. The van der Waals surface area contributed by atoms with Crippen molar-refractivity contribution in [3.63, 3.8) is 0 Å². The molecule has 9 heteroatoms. The molecule has 0 aromatic heterocycles. The number of benzene rings is 2. The van der Waals surface area contributed by atoms with Crippen molar-refractivity contribution in [3.05, 3.63) is 59.7 Å². The zero-order valence-corrected chi connectivity index (χ0v) is 15.8. The van der Waals surface area contributed by atoms with Gasteiger partial charge in [0.25, 0.3) is 0 Å². The molecule has 2 amide bonds. The fraction of sp³-hybridized carbons (Fsp3) is 0.250. The Morgan fingerprint density at radius 3 is 2.41 bits per heavy atom. The zero-order valence-electron chi connectivity index (χ0n) is 15.8. The van der Waals surface area contributed by atoms with E-state index in [2.05, 4.69) is 10.5 Å². The molecule has 0 aliphatic rings. The van der Waals surface area contributed by atoms with E-state index < -0.39 is 12.1 Å². The van der Waals surface area contributed by atoms with Gasteiger partial charge in [-0.15, -0.1) is 0 Å². The average molecular weight is 407 g/mol. The van der Waals surface area contributed by atoms with Crippen molar-refractivity contribution in [2.45, 2.75) is 25.9 Å². The maximum Gasteiger partial charge on any atom is 0.471 e. The van der Waals surface area contributed by atoms with Crippen molar-refractivity contribution in [2.75, 3.05) is 12.4 Å². The van der Waals surface area contributed by atoms with Crippen molar-refractivity contribution in [1.82, 2.24) is 5.43 Å². The Morgan fingerprint density at radius 1 is 1.10 bits per heavy atom. The Kier molecular flexibility index (Phi) is 7.35. The Hall–Kier alpha value is -3.36. The minimum atomic E-state index is -4.98. The predicted molar refractivity (Wildman–Crippen MR) is 103 cm³/mol. The second kappa shape index (κ2) is 9.72. The van der Waals surface area contributed by atoms with Crippen molar-refractivity contribution in [3.8, 4) is 5.75 Å². The number of rotatable bonds is 7. The molecule has 0 saturated carbocycles. The topological polar surface area (TPSA) is 79.8 Å². The van der Waals surface area contributed by atoms with E-state index in [-0.39, 0.29) is 18.0 Å². The summed E-state index contributed by atoms with van der Waals surface area (Å²) in [5, 5.41) is 5.74. The number of methoxy groups -OCH3 is 1. The molecule has 0 heterocycles. The molecule has 0 fully saturated rings. The molecule has 0 bridgehead atoms. The molecule has 154 valence electrons. The van der Waals surface area contributed by atoms with Crippen molar-refractivity contribution >= 4 is 23.2 Å². The second-order valence-corrected chi connectivity index (χ2v) is 6.11. The highest BCUT2D eigenvalue weighted by Gasteiger charge is 2.38. The lowest BCUT2D eigenvalue weighted by Crippen LogP contribution is -2.29. The van der Waals surface area contributed by atoms with Gasteiger partial charge in [0.2, 0.25) is 5.91 Å². The van der Waals surface area contributed by atoms with Crippen LogP contribution in [0.3, 0.4) is 0 Å². The van der Waals surface area contributed by atoms with Gasteiger partial charge >= 0.3 is 12.1 Å². The van der Waals surface area contributed by atoms with Gasteiger partial charge in [-0.1, -0.05) is 24.3 Å². The smallest absolute Gasteiger partial charge is 0.471 e. The largest absolute Gasteiger partial charge is 0.497 e. The zero-order chi connectivity index (χ0) is 21.4. The molecule has 2 aromatic carbocycles. The summed E-state index contributed by atoms with van der Waals surface area (Å²) in [5.74, 6) is -1.63. The second-order valence-electron chi connectivity index (χ2n) is 6.11. The first-order chi connectivity index (χ1) is 13.7. The van der Waals surface area contributed by atoms with Crippen LogP contribution in [0.2, 0.25) is 0 Å². The van der Waals surface area contributed by atoms with Crippen LogP contribution in [0.15, 0.2) is 53.6 Å². The Balaban J connectivity index is 1.92. The molecule has 2 aromatic rings. The number of anilines is 1. The van der Waals surface area contributed by atoms with Crippen LogP contribution < -0.4 is 15.5 Å². The molecule has 0 radical (unpaired) electrons. The highest BCUT2D eigenvalue weighted by molar-refractivity contribution is 6.01. The Morgan fingerprint density at radius 2 is 1.79 bits per heavy atom. The third-order valence-electron chi connectivity index (χ3n) is 3.94. The number of nitrogens with one attached hydrogen (secondary N) is 2. The summed E-state index contributed by atoms with van der Waals surface area (Å²) >= 11 is 0. The van der Waals surface area contributed by atoms with Crippen LogP contribution in [0.1, 0.15) is 24.5 Å². The van der Waals surface area contributed by atoms with Gasteiger partial charge in [0.05, 0.1) is 12.8 Å². The lowest BCUT2D eigenvalue weighted by Gasteiger charge is -2.09. The fourth-order valence-corrected chi connectivity index (χ4v) is 2.34. The summed E-state index contributed by atoms with van der Waals surface area (Å²) in [7, 11) is 1.57. The van der Waals surface area contributed by atoms with Gasteiger partial charge in [-0.05, 0) is 48.7 Å². The molecular weight excluding hydrogens is 387 g/mol. The summed E-state index contributed by atoms with van der Waals surface area (Å²) in [4.78, 5) is 23.0. The monoisotopic (exact) mass is 407 g/mol. The number of halogens is 3. The molecule has 6 nitrogen and oxygen atoms in total. The molecular formula is C20H20F3N3O3. The van der Waals surface area contributed by atoms with Crippen LogP contribution in [0.25, 0.3) is 0 Å². The number of nitrogens with zero attached hydrogens (tertiary/aromatic N) is 1. The number of amides is 2. The number of aryl methyl sites for hydroxylation is 1. The van der Waals surface area contributed by atoms with Crippen LogP contribution in [-0.4, -0.2) is 30.8 Å². The SMILES string of the molecule is COc1ccc(CCC(=O)NN=C(C)c2cccc(NC(=O)C(F)(F)F)c2)cc1. The normalized spacial score (nSPS) is 11.7. The van der Waals surface area contributed by atoms with Crippen molar-refractivity contribution in [2.24, 2.45) is 5.10 Å². The third-order valence-corrected chi connectivity index (χ3v) is 3.94. The molecule has 0 atom stereocenters. The number of alkyl halides is 3. The summed E-state index contributed by atoms with van der Waals surface area (Å²) in [6.45, 7) is 1.59. The number of hydrogen-bond donors (Lipinski definition) is 2. The third kappa shape index (κ3) is 6.95. The first-order valence-corrected chi connectivity index (χ1v) is 8.63. The van der Waals surface area contributed by atoms with Gasteiger partial charge in [-0.3, -0.25) is 9.59 Å². The van der Waals surface area contributed by atoms with Gasteiger partial charge < -0.3 is 10.1 Å². The van der Waals surface area contributed by atoms with Crippen molar-refractivity contribution in [1.29, 1.82) is 0 Å². The summed E-state index contributed by atoms with van der Waals surface area (Å²) in [6.07, 6.45) is -4.24. The van der Waals surface area contributed by atoms with Gasteiger partial charge in [0.1, 0.15) is 5.75 Å². The summed E-state index contributed by atoms with van der Waals surface area (Å²) < 4.78 is 42.1. The van der Waals surface area contributed by atoms with Gasteiger partial charge in [0.15, 0.2) is 0 Å². The van der Waals surface area contributed by atoms with E-state index in [0.717, 1.165) is 11.3 Å². The van der Waals surface area contributed by atoms with E-state index in [1.807, 2.05) is 12.1 Å². The van der Waals surface area contributed by atoms with Crippen LogP contribution in [0.5, 0.6) is 5.75 Å². The Labute approximate surface area is 165 Å². The average Bonchev–Trinajstić information content (AvgIpc) is 2.70. The minimum absolute atomic E-state index is 0.0230. The van der Waals surface area contributed by atoms with Gasteiger partial charge in [-0.2, -0.15) is 18.3 Å². The highest BCUT2D eigenvalue weighted by Crippen LogP contribution is 2.19. The van der Waals surface area contributed by atoms with Gasteiger partial charge in [0, 0.05) is 12.1 Å². The van der Waals surface area contributed by atoms with Gasteiger partial charge in [-0.25, -0.2) is 5.43 Å². The number of hydrazone groups is 1. The van der Waals surface area contributed by atoms with E-state index >= 15 is 0 Å². The van der Waals surface area contributed by atoms with E-state index in [4.69, 9.17) is 4.74 Å². The molecule has 29 heavy (non-hydrogen) atoms. The van der Waals surface area contributed by atoms with Crippen molar-refractivity contribution < 1.29 is 27.5 Å². The van der Waals surface area contributed by atoms with Crippen LogP contribution in [0, 0.1) is 0 Å². The Bertz CT molecular complexity index is 894. The lowest BCUT2D eigenvalue weighted by molar-refractivity contribution is -0.167. The van der Waals surface area contributed by atoms with E-state index in [1.54, 1.807) is 37.5 Å². The minimum Gasteiger partial charge on any atom is -0.497 e. The van der Waals surface area contributed by atoms with Crippen LogP contribution >= 0.6 is 0 Å². The predicted octanol–water partition coefficient (Wildman–Crippen LogP) is 3.67. The summed E-state index contributed by atoms with van der Waals surface area (Å²) in [5.41, 5.74) is 4.20. The summed E-state index contributed by atoms with van der Waals surface area (Å²) in [6, 6.07) is 13.1. The van der Waals surface area contributed by atoms with Crippen LogP contribution in [-0.2, 0) is 16.0 Å². The molecule has 0 spiro atoms. The first-order valence-electron chi connectivity index (χ1n) is 8.63. The van der Waals surface area contributed by atoms with Crippen LogP contribution in [0.4, 0.5) is 18.9 Å². The standard InChI is InChI=1S/C20H20F3N3O3/c1-13(15-4-3-5-16(12-15)24-19(28)20(21,22)23)25-26-18(27)11-8-14-6-9-17(29-2)10-7-14/h3-7,9-10,12H,8,11H2,1-2H3,(H,24,28)(H,26,27). The number of ether oxygens (including phenoxy) is 1. The maximum atomic E-state index is 12.3. The van der Waals surface area contributed by atoms with E-state index in [0.29, 0.717) is 17.7 Å². The molecule has 2 rings (SSSR count). The van der Waals surface area contributed by atoms with E-state index in [1.165, 1.54) is 18.2 Å². The molecule has 0 aliphatic heterocycles. The number of carbonyl (C=O) groups excluding carboxylic acids is 2. The lowest BCUT2D eigenvalue weighted by atomic mass is 10.1. The quantitative estimate of drug-likeness (QED) is 0.543. The fourth-order valence-electron chi connectivity index (χ4n) is 2.34. The van der Waals surface area contributed by atoms with E-state index in [9.17, 15) is 22.8 Å². The molecule has 2 N–H and O–H groups in total. The first kappa shape index (κ1) is 21.9. The number of hydrogen-bond acceptors (Lipinski definition) is 4. The number of carbonyl (C=O) groups is 2. The highest BCUT2D eigenvalue weighted by atomic mass is 19.4. The maximum absolute atomic E-state index is 12.3. The molecule has 0 saturated heterocycles. The molecule has 0 unspecified atom stereocenters.